The van der Waals surface area contributed by atoms with Gasteiger partial charge < -0.3 is 50.2 Å². The van der Waals surface area contributed by atoms with Crippen molar-refractivity contribution >= 4 is 5.91 Å². The predicted octanol–water partition coefficient (Wildman–Crippen LogP) is 4.80. The van der Waals surface area contributed by atoms with Crippen LogP contribution in [0.5, 0.6) is 11.5 Å². The van der Waals surface area contributed by atoms with E-state index in [1.165, 1.54) is 57.4 Å². The van der Waals surface area contributed by atoms with Crippen molar-refractivity contribution < 1.29 is 58.4 Å². The Morgan fingerprint density at radius 3 is 2.06 bits per heavy atom. The Morgan fingerprint density at radius 2 is 1.46 bits per heavy atom. The number of hydrogen-bond donors (Lipinski definition) is 7. The maximum absolute atomic E-state index is 14.0. The number of aliphatic hydroxyl groups is 6. The molecule has 1 fully saturated rings. The first-order valence-electron chi connectivity index (χ1n) is 18.8. The van der Waals surface area contributed by atoms with Crippen molar-refractivity contribution in [2.75, 3.05) is 13.2 Å². The van der Waals surface area contributed by atoms with E-state index in [0.717, 1.165) is 37.0 Å². The van der Waals surface area contributed by atoms with Gasteiger partial charge in [0.05, 0.1) is 25.4 Å². The first kappa shape index (κ1) is 43.7. The Hall–Kier alpha value is -2.75. The Bertz CT molecular complexity index is 1290. The maximum Gasteiger partial charge on any atom is 0.220 e. The first-order valence-corrected chi connectivity index (χ1v) is 18.8. The van der Waals surface area contributed by atoms with Crippen LogP contribution in [-0.2, 0) is 20.7 Å². The summed E-state index contributed by atoms with van der Waals surface area (Å²) in [4.78, 5) is 13.1. The Kier molecular flexibility index (Phi) is 20.0. The summed E-state index contributed by atoms with van der Waals surface area (Å²) in [5.74, 6) is -1.85. The lowest BCUT2D eigenvalue weighted by Crippen LogP contribution is -2.60. The van der Waals surface area contributed by atoms with Gasteiger partial charge in [0.15, 0.2) is 17.9 Å². The van der Waals surface area contributed by atoms with Gasteiger partial charge in [-0.2, -0.15) is 0 Å². The summed E-state index contributed by atoms with van der Waals surface area (Å²) in [7, 11) is 0. The van der Waals surface area contributed by atoms with Crippen LogP contribution in [0, 0.1) is 11.6 Å². The van der Waals surface area contributed by atoms with Crippen LogP contribution in [-0.4, -0.2) is 98.7 Å². The van der Waals surface area contributed by atoms with Crippen molar-refractivity contribution in [2.45, 2.75) is 152 Å². The van der Waals surface area contributed by atoms with Gasteiger partial charge in [0.25, 0.3) is 0 Å². The molecule has 2 aromatic carbocycles. The van der Waals surface area contributed by atoms with Gasteiger partial charge in [-0.3, -0.25) is 4.79 Å². The normalized spacial score (nSPS) is 22.1. The molecule has 1 amide bonds. The lowest BCUT2D eigenvalue weighted by Gasteiger charge is -2.40. The van der Waals surface area contributed by atoms with Crippen molar-refractivity contribution in [3.63, 3.8) is 0 Å². The number of hydrogen-bond acceptors (Lipinski definition) is 10. The highest BCUT2D eigenvalue weighted by Crippen LogP contribution is 2.26. The van der Waals surface area contributed by atoms with Crippen molar-refractivity contribution in [1.82, 2.24) is 5.32 Å². The summed E-state index contributed by atoms with van der Waals surface area (Å²) < 4.78 is 43.7. The molecule has 0 bridgehead atoms. The highest BCUT2D eigenvalue weighted by molar-refractivity contribution is 5.76. The lowest BCUT2D eigenvalue weighted by atomic mass is 9.98. The third-order valence-electron chi connectivity index (χ3n) is 9.48. The minimum Gasteiger partial charge on any atom is -0.454 e. The van der Waals surface area contributed by atoms with E-state index in [1.54, 1.807) is 24.3 Å². The van der Waals surface area contributed by atoms with E-state index >= 15 is 0 Å². The average molecular weight is 740 g/mol. The van der Waals surface area contributed by atoms with Gasteiger partial charge in [-0.05, 0) is 42.7 Å². The van der Waals surface area contributed by atoms with Crippen LogP contribution in [0.2, 0.25) is 0 Å². The van der Waals surface area contributed by atoms with Gasteiger partial charge >= 0.3 is 0 Å². The van der Waals surface area contributed by atoms with Crippen molar-refractivity contribution in [3.05, 3.63) is 59.7 Å². The topological polar surface area (TPSA) is 178 Å². The summed E-state index contributed by atoms with van der Waals surface area (Å²) >= 11 is 0. The van der Waals surface area contributed by atoms with E-state index in [4.69, 9.17) is 14.2 Å². The molecule has 2 unspecified atom stereocenters. The van der Waals surface area contributed by atoms with E-state index in [-0.39, 0.29) is 18.6 Å². The van der Waals surface area contributed by atoms with E-state index < -0.39 is 79.7 Å². The van der Waals surface area contributed by atoms with E-state index in [9.17, 15) is 44.2 Å². The summed E-state index contributed by atoms with van der Waals surface area (Å²) in [6.07, 6.45) is 4.14. The monoisotopic (exact) mass is 739 g/mol. The second kappa shape index (κ2) is 23.8. The minimum absolute atomic E-state index is 0.00903. The molecule has 0 spiro atoms. The molecule has 0 saturated carbocycles. The number of aryl methyl sites for hydroxylation is 1. The number of aliphatic hydroxyl groups excluding tert-OH is 6. The molecule has 1 aliphatic rings. The van der Waals surface area contributed by atoms with Crippen LogP contribution in [0.1, 0.15) is 102 Å². The molecule has 0 aliphatic carbocycles. The zero-order chi connectivity index (χ0) is 37.9. The Morgan fingerprint density at radius 1 is 0.846 bits per heavy atom. The molecule has 7 N–H and O–H groups in total. The molecule has 1 aliphatic heterocycles. The number of rotatable bonds is 25. The van der Waals surface area contributed by atoms with Crippen molar-refractivity contribution in [3.8, 4) is 11.5 Å². The number of amides is 1. The SMILES string of the molecule is CCCCCCCCCCCCCC[C@@H](O)[C@@H](O)[C@H](CO[C@H]1OC(CO)[C@H](O)[C@H](O)C1O)NC(=O)CCc1ccc(Oc2ccc(F)cc2F)cc1. The number of carbonyl (C=O) groups is 1. The molecule has 294 valence electrons. The van der Waals surface area contributed by atoms with Gasteiger partial charge in [-0.25, -0.2) is 8.78 Å². The highest BCUT2D eigenvalue weighted by Gasteiger charge is 2.44. The van der Waals surface area contributed by atoms with Crippen LogP contribution in [0.15, 0.2) is 42.5 Å². The molecular formula is C39H59F2NO10. The second-order valence-electron chi connectivity index (χ2n) is 13.8. The predicted molar refractivity (Wildman–Crippen MR) is 191 cm³/mol. The molecule has 2 aromatic rings. The Labute approximate surface area is 305 Å². The Balaban J connectivity index is 1.50. The van der Waals surface area contributed by atoms with Gasteiger partial charge in [0, 0.05) is 12.5 Å². The molecule has 11 nitrogen and oxygen atoms in total. The van der Waals surface area contributed by atoms with Gasteiger partial charge in [-0.15, -0.1) is 0 Å². The minimum atomic E-state index is -1.68. The van der Waals surface area contributed by atoms with E-state index in [2.05, 4.69) is 12.2 Å². The maximum atomic E-state index is 14.0. The van der Waals surface area contributed by atoms with Gasteiger partial charge in [0.2, 0.25) is 5.91 Å². The fourth-order valence-electron chi connectivity index (χ4n) is 6.21. The van der Waals surface area contributed by atoms with Crippen LogP contribution in [0.25, 0.3) is 0 Å². The number of carbonyl (C=O) groups excluding carboxylic acids is 1. The summed E-state index contributed by atoms with van der Waals surface area (Å²) in [6.45, 7) is 1.14. The largest absolute Gasteiger partial charge is 0.454 e. The van der Waals surface area contributed by atoms with Crippen LogP contribution < -0.4 is 10.1 Å². The number of unbranched alkanes of at least 4 members (excludes halogenated alkanes) is 11. The highest BCUT2D eigenvalue weighted by atomic mass is 19.1. The van der Waals surface area contributed by atoms with Crippen LogP contribution in [0.4, 0.5) is 8.78 Å². The fraction of sp³-hybridized carbons (Fsp3) is 0.667. The number of nitrogens with one attached hydrogen (secondary N) is 1. The fourth-order valence-corrected chi connectivity index (χ4v) is 6.21. The van der Waals surface area contributed by atoms with Gasteiger partial charge in [-0.1, -0.05) is 96.1 Å². The smallest absolute Gasteiger partial charge is 0.220 e. The molecule has 1 heterocycles. The lowest BCUT2D eigenvalue weighted by molar-refractivity contribution is -0.303. The summed E-state index contributed by atoms with van der Waals surface area (Å²) in [5, 5.41) is 64.8. The molecule has 52 heavy (non-hydrogen) atoms. The van der Waals surface area contributed by atoms with Crippen LogP contribution >= 0.6 is 0 Å². The summed E-state index contributed by atoms with van der Waals surface area (Å²) in [6, 6.07) is 8.42. The third-order valence-corrected chi connectivity index (χ3v) is 9.48. The molecule has 8 atom stereocenters. The second-order valence-corrected chi connectivity index (χ2v) is 13.8. The third kappa shape index (κ3) is 14.9. The van der Waals surface area contributed by atoms with Gasteiger partial charge in [0.1, 0.15) is 42.1 Å². The molecule has 0 aromatic heterocycles. The molecule has 0 radical (unpaired) electrons. The molecule has 1 saturated heterocycles. The molecule has 13 heteroatoms. The van der Waals surface area contributed by atoms with Crippen molar-refractivity contribution in [2.24, 2.45) is 0 Å². The molecular weight excluding hydrogens is 680 g/mol. The number of benzene rings is 2. The van der Waals surface area contributed by atoms with E-state index in [0.29, 0.717) is 18.6 Å². The summed E-state index contributed by atoms with van der Waals surface area (Å²) in [5.41, 5.74) is 0.753. The average Bonchev–Trinajstić information content (AvgIpc) is 3.13. The zero-order valence-corrected chi connectivity index (χ0v) is 30.3. The standard InChI is InChI=1S/C39H59F2NO10/c1-2-3-4-5-6-7-8-9-10-11-12-13-14-31(44)35(46)30(25-50-39-38(49)37(48)36(47)33(24-43)52-39)42-34(45)22-17-26-15-19-28(20-16-26)51-32-21-18-27(40)23-29(32)41/h15-16,18-21,23,30-31,33,35-39,43-44,46-49H,2-14,17,22,24-25H2,1H3,(H,42,45)/t30-,31+,33?,35-,36-,37-,38?,39-/m0/s1. The quantitative estimate of drug-likeness (QED) is 0.0700. The van der Waals surface area contributed by atoms with Crippen molar-refractivity contribution in [1.29, 1.82) is 0 Å². The van der Waals surface area contributed by atoms with Crippen LogP contribution in [0.3, 0.4) is 0 Å². The zero-order valence-electron chi connectivity index (χ0n) is 30.3. The van der Waals surface area contributed by atoms with E-state index in [1.807, 2.05) is 0 Å². The number of ether oxygens (including phenoxy) is 3. The molecule has 3 rings (SSSR count). The number of halogens is 2. The first-order chi connectivity index (χ1) is 25.0.